The van der Waals surface area contributed by atoms with E-state index in [1.165, 1.54) is 23.9 Å². The fourth-order valence-corrected chi connectivity index (χ4v) is 3.30. The second-order valence-electron chi connectivity index (χ2n) is 3.75. The van der Waals surface area contributed by atoms with E-state index in [-0.39, 0.29) is 11.3 Å². The highest BCUT2D eigenvalue weighted by Crippen LogP contribution is 2.15. The van der Waals surface area contributed by atoms with E-state index in [0.717, 1.165) is 4.47 Å². The lowest BCUT2D eigenvalue weighted by Crippen LogP contribution is -2.41. The largest absolute Gasteiger partial charge is 0.480 e. The molecule has 2 N–H and O–H groups in total. The molecule has 0 saturated carbocycles. The first-order chi connectivity index (χ1) is 8.86. The van der Waals surface area contributed by atoms with Crippen molar-refractivity contribution in [1.82, 2.24) is 4.72 Å². The number of carboxylic acids is 1. The van der Waals surface area contributed by atoms with Crippen LogP contribution in [-0.4, -0.2) is 37.5 Å². The van der Waals surface area contributed by atoms with Gasteiger partial charge in [-0.2, -0.15) is 16.5 Å². The van der Waals surface area contributed by atoms with Gasteiger partial charge in [-0.3, -0.25) is 4.79 Å². The summed E-state index contributed by atoms with van der Waals surface area (Å²) in [7, 11) is -3.81. The molecule has 0 aliphatic carbocycles. The molecule has 106 valence electrons. The van der Waals surface area contributed by atoms with Crippen molar-refractivity contribution in [2.75, 3.05) is 12.0 Å². The smallest absolute Gasteiger partial charge is 0.321 e. The van der Waals surface area contributed by atoms with Crippen LogP contribution in [0.3, 0.4) is 0 Å². The monoisotopic (exact) mass is 367 g/mol. The average Bonchev–Trinajstić information content (AvgIpc) is 2.34. The van der Waals surface area contributed by atoms with Gasteiger partial charge >= 0.3 is 5.97 Å². The van der Waals surface area contributed by atoms with Crippen molar-refractivity contribution in [3.8, 4) is 0 Å². The molecule has 5 nitrogen and oxygen atoms in total. The lowest BCUT2D eigenvalue weighted by atomic mass is 10.2. The Hall–Kier alpha value is -0.570. The van der Waals surface area contributed by atoms with Crippen molar-refractivity contribution in [1.29, 1.82) is 0 Å². The van der Waals surface area contributed by atoms with Gasteiger partial charge in [0.1, 0.15) is 6.04 Å². The van der Waals surface area contributed by atoms with Gasteiger partial charge < -0.3 is 5.11 Å². The van der Waals surface area contributed by atoms with Crippen LogP contribution in [0.4, 0.5) is 0 Å². The van der Waals surface area contributed by atoms with Crippen molar-refractivity contribution in [3.63, 3.8) is 0 Å². The minimum Gasteiger partial charge on any atom is -0.480 e. The lowest BCUT2D eigenvalue weighted by molar-refractivity contribution is -0.139. The summed E-state index contributed by atoms with van der Waals surface area (Å²) in [6, 6.07) is 4.90. The first kappa shape index (κ1) is 16.5. The first-order valence-electron chi connectivity index (χ1n) is 5.36. The Morgan fingerprint density at radius 3 is 2.47 bits per heavy atom. The molecule has 0 heterocycles. The van der Waals surface area contributed by atoms with Gasteiger partial charge in [-0.05, 0) is 42.7 Å². The van der Waals surface area contributed by atoms with E-state index in [0.29, 0.717) is 5.75 Å². The number of carboxylic acid groups (broad SMARTS) is 1. The minimum absolute atomic E-state index is 0.0473. The molecule has 0 bridgehead atoms. The van der Waals surface area contributed by atoms with Crippen molar-refractivity contribution in [2.24, 2.45) is 0 Å². The molecule has 0 fully saturated rings. The van der Waals surface area contributed by atoms with Gasteiger partial charge in [-0.25, -0.2) is 8.42 Å². The van der Waals surface area contributed by atoms with Crippen molar-refractivity contribution in [2.45, 2.75) is 17.4 Å². The molecule has 0 saturated heterocycles. The molecule has 0 aliphatic rings. The van der Waals surface area contributed by atoms with Crippen LogP contribution in [0.25, 0.3) is 0 Å². The van der Waals surface area contributed by atoms with E-state index in [1.807, 2.05) is 6.26 Å². The van der Waals surface area contributed by atoms with Gasteiger partial charge in [0.25, 0.3) is 0 Å². The number of thioether (sulfide) groups is 1. The third-order valence-electron chi connectivity index (χ3n) is 2.33. The molecule has 0 aliphatic heterocycles. The second kappa shape index (κ2) is 7.28. The van der Waals surface area contributed by atoms with Crippen LogP contribution in [0.5, 0.6) is 0 Å². The quantitative estimate of drug-likeness (QED) is 0.769. The number of hydrogen-bond donors (Lipinski definition) is 2. The number of nitrogens with one attached hydrogen (secondary N) is 1. The number of halogens is 1. The van der Waals surface area contributed by atoms with Crippen LogP contribution < -0.4 is 4.72 Å². The van der Waals surface area contributed by atoms with E-state index in [1.54, 1.807) is 12.1 Å². The van der Waals surface area contributed by atoms with Gasteiger partial charge in [0, 0.05) is 4.47 Å². The number of rotatable bonds is 7. The Labute approximate surface area is 125 Å². The maximum atomic E-state index is 12.0. The lowest BCUT2D eigenvalue weighted by Gasteiger charge is -2.14. The standard InChI is InChI=1S/C11H14BrNO4S2/c1-18-7-6-10(11(14)15)13-19(16,17)9-4-2-8(12)3-5-9/h2-5,10,13H,6-7H2,1H3,(H,14,15)/t10-/m1/s1. The highest BCUT2D eigenvalue weighted by atomic mass is 79.9. The molecule has 0 radical (unpaired) electrons. The van der Waals surface area contributed by atoms with Crippen LogP contribution in [0.2, 0.25) is 0 Å². The zero-order valence-electron chi connectivity index (χ0n) is 10.2. The van der Waals surface area contributed by atoms with Crippen LogP contribution in [-0.2, 0) is 14.8 Å². The van der Waals surface area contributed by atoms with Gasteiger partial charge in [-0.1, -0.05) is 15.9 Å². The third-order valence-corrected chi connectivity index (χ3v) is 4.99. The van der Waals surface area contributed by atoms with Crippen LogP contribution in [0.1, 0.15) is 6.42 Å². The number of carbonyl (C=O) groups is 1. The van der Waals surface area contributed by atoms with Gasteiger partial charge in [0.15, 0.2) is 0 Å². The van der Waals surface area contributed by atoms with E-state index < -0.39 is 22.0 Å². The maximum Gasteiger partial charge on any atom is 0.321 e. The fraction of sp³-hybridized carbons (Fsp3) is 0.364. The molecule has 0 unspecified atom stereocenters. The fourth-order valence-electron chi connectivity index (χ4n) is 1.34. The van der Waals surface area contributed by atoms with Crippen LogP contribution >= 0.6 is 27.7 Å². The maximum absolute atomic E-state index is 12.0. The second-order valence-corrected chi connectivity index (χ2v) is 7.36. The Morgan fingerprint density at radius 1 is 1.42 bits per heavy atom. The van der Waals surface area contributed by atoms with Gasteiger partial charge in [-0.15, -0.1) is 0 Å². The molecule has 0 amide bonds. The average molecular weight is 368 g/mol. The number of benzene rings is 1. The summed E-state index contributed by atoms with van der Waals surface area (Å²) in [6.07, 6.45) is 2.08. The molecule has 0 spiro atoms. The van der Waals surface area contributed by atoms with E-state index in [4.69, 9.17) is 5.11 Å². The highest BCUT2D eigenvalue weighted by Gasteiger charge is 2.24. The Balaban J connectivity index is 2.87. The van der Waals surface area contributed by atoms with E-state index in [9.17, 15) is 13.2 Å². The van der Waals surface area contributed by atoms with E-state index >= 15 is 0 Å². The number of hydrogen-bond acceptors (Lipinski definition) is 4. The molecule has 1 aromatic rings. The number of sulfonamides is 1. The normalized spacial score (nSPS) is 13.2. The number of aliphatic carboxylic acids is 1. The molecule has 19 heavy (non-hydrogen) atoms. The molecular weight excluding hydrogens is 354 g/mol. The topological polar surface area (TPSA) is 83.5 Å². The molecule has 0 aromatic heterocycles. The predicted molar refractivity (Wildman–Crippen MR) is 78.9 cm³/mol. The summed E-state index contributed by atoms with van der Waals surface area (Å²) in [5.74, 6) is -0.602. The molecule has 1 rings (SSSR count). The minimum atomic E-state index is -3.81. The molecule has 8 heteroatoms. The van der Waals surface area contributed by atoms with Crippen molar-refractivity contribution in [3.05, 3.63) is 28.7 Å². The summed E-state index contributed by atoms with van der Waals surface area (Å²) >= 11 is 4.68. The van der Waals surface area contributed by atoms with E-state index in [2.05, 4.69) is 20.7 Å². The first-order valence-corrected chi connectivity index (χ1v) is 9.03. The summed E-state index contributed by atoms with van der Waals surface area (Å²) < 4.78 is 27.0. The van der Waals surface area contributed by atoms with Crippen molar-refractivity contribution < 1.29 is 18.3 Å². The van der Waals surface area contributed by atoms with Crippen molar-refractivity contribution >= 4 is 43.7 Å². The summed E-state index contributed by atoms with van der Waals surface area (Å²) in [5, 5.41) is 9.01. The Bertz CT molecular complexity index is 530. The zero-order valence-corrected chi connectivity index (χ0v) is 13.4. The van der Waals surface area contributed by atoms with Crippen LogP contribution in [0.15, 0.2) is 33.6 Å². The molecule has 1 atom stereocenters. The van der Waals surface area contributed by atoms with Gasteiger partial charge in [0.2, 0.25) is 10.0 Å². The Morgan fingerprint density at radius 2 is 2.00 bits per heavy atom. The summed E-state index contributed by atoms with van der Waals surface area (Å²) in [4.78, 5) is 11.1. The summed E-state index contributed by atoms with van der Waals surface area (Å²) in [5.41, 5.74) is 0. The Kier molecular flexibility index (Phi) is 6.31. The van der Waals surface area contributed by atoms with Crippen LogP contribution in [0, 0.1) is 0 Å². The van der Waals surface area contributed by atoms with Gasteiger partial charge in [0.05, 0.1) is 4.90 Å². The third kappa shape index (κ3) is 5.13. The predicted octanol–water partition coefficient (Wildman–Crippen LogP) is 1.93. The zero-order chi connectivity index (χ0) is 14.5. The SMILES string of the molecule is CSCC[C@@H](NS(=O)(=O)c1ccc(Br)cc1)C(=O)O. The summed E-state index contributed by atoms with van der Waals surface area (Å²) in [6.45, 7) is 0. The molecule has 1 aromatic carbocycles. The molecular formula is C11H14BrNO4S2. The highest BCUT2D eigenvalue weighted by molar-refractivity contribution is 9.10.